The van der Waals surface area contributed by atoms with E-state index in [4.69, 9.17) is 5.73 Å². The zero-order chi connectivity index (χ0) is 14.9. The minimum absolute atomic E-state index is 0.218. The molecule has 2 N–H and O–H groups in total. The molecule has 1 saturated heterocycles. The highest BCUT2D eigenvalue weighted by atomic mass is 32.2. The fraction of sp³-hybridized carbons (Fsp3) is 0.571. The SMILES string of the molecule is Cc1cc(N)ccc1CN1CCN(S(C)(=O)=O)C[C@@H]1C. The normalized spacial score (nSPS) is 22.1. The van der Waals surface area contributed by atoms with Crippen molar-refractivity contribution in [1.82, 2.24) is 9.21 Å². The van der Waals surface area contributed by atoms with Gasteiger partial charge in [-0.3, -0.25) is 4.90 Å². The summed E-state index contributed by atoms with van der Waals surface area (Å²) >= 11 is 0. The molecule has 0 unspecified atom stereocenters. The summed E-state index contributed by atoms with van der Waals surface area (Å²) in [6.45, 7) is 6.86. The number of sulfonamides is 1. The van der Waals surface area contributed by atoms with Crippen molar-refractivity contribution in [2.45, 2.75) is 26.4 Å². The molecule has 20 heavy (non-hydrogen) atoms. The van der Waals surface area contributed by atoms with Crippen molar-refractivity contribution in [3.63, 3.8) is 0 Å². The van der Waals surface area contributed by atoms with Crippen LogP contribution < -0.4 is 5.73 Å². The van der Waals surface area contributed by atoms with E-state index in [9.17, 15) is 8.42 Å². The number of nitrogens with zero attached hydrogens (tertiary/aromatic N) is 2. The van der Waals surface area contributed by atoms with Gasteiger partial charge in [-0.05, 0) is 37.1 Å². The third-order valence-electron chi connectivity index (χ3n) is 3.94. The molecule has 1 atom stereocenters. The van der Waals surface area contributed by atoms with Crippen LogP contribution >= 0.6 is 0 Å². The Labute approximate surface area is 121 Å². The summed E-state index contributed by atoms with van der Waals surface area (Å²) in [5.74, 6) is 0. The predicted octanol–water partition coefficient (Wildman–Crippen LogP) is 1.04. The van der Waals surface area contributed by atoms with Crippen molar-refractivity contribution in [3.8, 4) is 0 Å². The predicted molar refractivity (Wildman–Crippen MR) is 81.9 cm³/mol. The van der Waals surface area contributed by atoms with Crippen molar-refractivity contribution < 1.29 is 8.42 Å². The lowest BCUT2D eigenvalue weighted by Gasteiger charge is -2.38. The molecule has 0 saturated carbocycles. The van der Waals surface area contributed by atoms with Gasteiger partial charge in [0.1, 0.15) is 0 Å². The molecule has 0 aliphatic carbocycles. The van der Waals surface area contributed by atoms with Crippen molar-refractivity contribution in [1.29, 1.82) is 0 Å². The number of aryl methyl sites for hydroxylation is 1. The second kappa shape index (κ2) is 5.71. The second-order valence-corrected chi connectivity index (χ2v) is 7.61. The lowest BCUT2D eigenvalue weighted by molar-refractivity contribution is 0.122. The van der Waals surface area contributed by atoms with Crippen LogP contribution in [0.3, 0.4) is 0 Å². The van der Waals surface area contributed by atoms with Gasteiger partial charge in [0.05, 0.1) is 6.26 Å². The van der Waals surface area contributed by atoms with Crippen LogP contribution in [0.25, 0.3) is 0 Å². The number of benzene rings is 1. The van der Waals surface area contributed by atoms with Crippen molar-refractivity contribution in [2.24, 2.45) is 0 Å². The van der Waals surface area contributed by atoms with E-state index < -0.39 is 10.0 Å². The maximum absolute atomic E-state index is 11.6. The third-order valence-corrected chi connectivity index (χ3v) is 5.21. The first-order valence-corrected chi connectivity index (χ1v) is 8.66. The Hall–Kier alpha value is -1.11. The van der Waals surface area contributed by atoms with Gasteiger partial charge in [-0.1, -0.05) is 6.07 Å². The van der Waals surface area contributed by atoms with E-state index in [0.29, 0.717) is 13.1 Å². The Balaban J connectivity index is 2.05. The number of rotatable bonds is 3. The number of hydrogen-bond acceptors (Lipinski definition) is 4. The Bertz CT molecular complexity index is 586. The van der Waals surface area contributed by atoms with E-state index in [2.05, 4.69) is 24.8 Å². The number of piperazine rings is 1. The van der Waals surface area contributed by atoms with Crippen LogP contribution in [0.15, 0.2) is 18.2 Å². The first-order chi connectivity index (χ1) is 9.27. The maximum Gasteiger partial charge on any atom is 0.211 e. The number of hydrogen-bond donors (Lipinski definition) is 1. The first-order valence-electron chi connectivity index (χ1n) is 6.81. The zero-order valence-electron chi connectivity index (χ0n) is 12.3. The average molecular weight is 297 g/mol. The van der Waals surface area contributed by atoms with Gasteiger partial charge in [0.2, 0.25) is 10.0 Å². The molecule has 1 heterocycles. The minimum Gasteiger partial charge on any atom is -0.399 e. The minimum atomic E-state index is -3.08. The number of nitrogens with two attached hydrogens (primary N) is 1. The van der Waals surface area contributed by atoms with Crippen LogP contribution in [0.5, 0.6) is 0 Å². The van der Waals surface area contributed by atoms with E-state index in [1.54, 1.807) is 4.31 Å². The molecular weight excluding hydrogens is 274 g/mol. The van der Waals surface area contributed by atoms with E-state index >= 15 is 0 Å². The molecule has 0 radical (unpaired) electrons. The summed E-state index contributed by atoms with van der Waals surface area (Å²) in [6, 6.07) is 6.17. The van der Waals surface area contributed by atoms with Crippen LogP contribution in [0.4, 0.5) is 5.69 Å². The Morgan fingerprint density at radius 3 is 2.60 bits per heavy atom. The lowest BCUT2D eigenvalue weighted by atomic mass is 10.1. The van der Waals surface area contributed by atoms with Gasteiger partial charge in [0.15, 0.2) is 0 Å². The maximum atomic E-state index is 11.6. The molecule has 0 amide bonds. The summed E-state index contributed by atoms with van der Waals surface area (Å²) < 4.78 is 24.7. The van der Waals surface area contributed by atoms with Crippen molar-refractivity contribution in [3.05, 3.63) is 29.3 Å². The lowest BCUT2D eigenvalue weighted by Crippen LogP contribution is -2.52. The Morgan fingerprint density at radius 2 is 2.05 bits per heavy atom. The molecule has 1 aromatic rings. The average Bonchev–Trinajstić information content (AvgIpc) is 2.33. The van der Waals surface area contributed by atoms with Crippen LogP contribution in [0, 0.1) is 6.92 Å². The smallest absolute Gasteiger partial charge is 0.211 e. The fourth-order valence-corrected chi connectivity index (χ4v) is 3.51. The van der Waals surface area contributed by atoms with Gasteiger partial charge in [0, 0.05) is 37.9 Å². The van der Waals surface area contributed by atoms with E-state index in [1.165, 1.54) is 17.4 Å². The first kappa shape index (κ1) is 15.3. The summed E-state index contributed by atoms with van der Waals surface area (Å²) in [5.41, 5.74) is 8.98. The monoisotopic (exact) mass is 297 g/mol. The van der Waals surface area contributed by atoms with E-state index in [1.807, 2.05) is 12.1 Å². The molecule has 1 aliphatic rings. The number of nitrogen functional groups attached to an aromatic ring is 1. The van der Waals surface area contributed by atoms with Crippen LogP contribution in [-0.2, 0) is 16.6 Å². The summed E-state index contributed by atoms with van der Waals surface area (Å²) in [7, 11) is -3.08. The second-order valence-electron chi connectivity index (χ2n) is 5.63. The highest BCUT2D eigenvalue weighted by molar-refractivity contribution is 7.88. The fourth-order valence-electron chi connectivity index (χ4n) is 2.61. The van der Waals surface area contributed by atoms with Gasteiger partial charge >= 0.3 is 0 Å². The Morgan fingerprint density at radius 1 is 1.35 bits per heavy atom. The molecule has 1 fully saturated rings. The molecule has 1 aliphatic heterocycles. The molecule has 2 rings (SSSR count). The highest BCUT2D eigenvalue weighted by Crippen LogP contribution is 2.19. The van der Waals surface area contributed by atoms with Gasteiger partial charge in [-0.25, -0.2) is 8.42 Å². The van der Waals surface area contributed by atoms with Crippen molar-refractivity contribution in [2.75, 3.05) is 31.6 Å². The largest absolute Gasteiger partial charge is 0.399 e. The molecule has 0 spiro atoms. The van der Waals surface area contributed by atoms with Gasteiger partial charge < -0.3 is 5.73 Å². The van der Waals surface area contributed by atoms with Crippen molar-refractivity contribution >= 4 is 15.7 Å². The third kappa shape index (κ3) is 3.50. The molecular formula is C14H23N3O2S. The number of anilines is 1. The molecule has 5 nitrogen and oxygen atoms in total. The zero-order valence-corrected chi connectivity index (χ0v) is 13.2. The molecule has 0 aromatic heterocycles. The highest BCUT2D eigenvalue weighted by Gasteiger charge is 2.28. The Kier molecular flexibility index (Phi) is 4.36. The van der Waals surface area contributed by atoms with E-state index in [-0.39, 0.29) is 6.04 Å². The quantitative estimate of drug-likeness (QED) is 0.847. The summed E-state index contributed by atoms with van der Waals surface area (Å²) in [6.07, 6.45) is 1.28. The standard InChI is InChI=1S/C14H23N3O2S/c1-11-8-14(15)5-4-13(11)10-16-6-7-17(9-12(16)2)20(3,18)19/h4-5,8,12H,6-7,9-10,15H2,1-3H3/t12-/m0/s1. The molecule has 6 heteroatoms. The molecule has 112 valence electrons. The summed E-state index contributed by atoms with van der Waals surface area (Å²) in [5, 5.41) is 0. The van der Waals surface area contributed by atoms with Crippen LogP contribution in [0.1, 0.15) is 18.1 Å². The van der Waals surface area contributed by atoms with Crippen LogP contribution in [0.2, 0.25) is 0 Å². The van der Waals surface area contributed by atoms with Crippen LogP contribution in [-0.4, -0.2) is 49.6 Å². The molecule has 0 bridgehead atoms. The van der Waals surface area contributed by atoms with Gasteiger partial charge in [-0.2, -0.15) is 4.31 Å². The van der Waals surface area contributed by atoms with E-state index in [0.717, 1.165) is 18.8 Å². The van der Waals surface area contributed by atoms with Gasteiger partial charge in [0.25, 0.3) is 0 Å². The topological polar surface area (TPSA) is 66.6 Å². The molecule has 1 aromatic carbocycles. The summed E-state index contributed by atoms with van der Waals surface area (Å²) in [4.78, 5) is 2.32. The van der Waals surface area contributed by atoms with Gasteiger partial charge in [-0.15, -0.1) is 0 Å².